The lowest BCUT2D eigenvalue weighted by Crippen LogP contribution is -2.25. The van der Waals surface area contributed by atoms with Crippen LogP contribution in [0, 0.1) is 10.1 Å². The van der Waals surface area contributed by atoms with Gasteiger partial charge in [0.25, 0.3) is 5.69 Å². The fourth-order valence-corrected chi connectivity index (χ4v) is 2.68. The summed E-state index contributed by atoms with van der Waals surface area (Å²) in [4.78, 5) is 24.2. The fraction of sp³-hybridized carbons (Fsp3) is 0.462. The SMILES string of the molecule is CCN(CC)CCSc1ccc([N+](=O)[O-])c(C=O)c1. The highest BCUT2D eigenvalue weighted by atomic mass is 32.2. The lowest BCUT2D eigenvalue weighted by atomic mass is 10.2. The minimum absolute atomic E-state index is 0.136. The van der Waals surface area contributed by atoms with Crippen molar-refractivity contribution in [2.75, 3.05) is 25.4 Å². The first kappa shape index (κ1) is 15.7. The molecule has 0 aliphatic carbocycles. The van der Waals surface area contributed by atoms with E-state index in [0.29, 0.717) is 6.29 Å². The Morgan fingerprint density at radius 3 is 2.58 bits per heavy atom. The molecule has 0 amide bonds. The molecule has 0 bridgehead atoms. The Balaban J connectivity index is 2.65. The highest BCUT2D eigenvalue weighted by Gasteiger charge is 2.13. The van der Waals surface area contributed by atoms with Crippen LogP contribution in [-0.2, 0) is 0 Å². The van der Waals surface area contributed by atoms with Crippen LogP contribution in [0.4, 0.5) is 5.69 Å². The molecule has 0 saturated carbocycles. The molecule has 5 nitrogen and oxygen atoms in total. The zero-order chi connectivity index (χ0) is 14.3. The predicted molar refractivity (Wildman–Crippen MR) is 77.0 cm³/mol. The Labute approximate surface area is 117 Å². The number of nitro benzene ring substituents is 1. The maximum Gasteiger partial charge on any atom is 0.279 e. The lowest BCUT2D eigenvalue weighted by Gasteiger charge is -2.17. The molecule has 6 heteroatoms. The van der Waals surface area contributed by atoms with Gasteiger partial charge in [0.05, 0.1) is 10.5 Å². The van der Waals surface area contributed by atoms with Crippen LogP contribution in [0.2, 0.25) is 0 Å². The van der Waals surface area contributed by atoms with Crippen LogP contribution in [-0.4, -0.2) is 41.5 Å². The van der Waals surface area contributed by atoms with Crippen molar-refractivity contribution in [2.24, 2.45) is 0 Å². The lowest BCUT2D eigenvalue weighted by molar-refractivity contribution is -0.385. The Morgan fingerprint density at radius 2 is 2.05 bits per heavy atom. The molecule has 0 fully saturated rings. The zero-order valence-corrected chi connectivity index (χ0v) is 12.0. The van der Waals surface area contributed by atoms with Crippen molar-refractivity contribution in [3.63, 3.8) is 0 Å². The third kappa shape index (κ3) is 4.65. The van der Waals surface area contributed by atoms with Crippen LogP contribution < -0.4 is 0 Å². The van der Waals surface area contributed by atoms with Gasteiger partial charge in [0.2, 0.25) is 0 Å². The van der Waals surface area contributed by atoms with Crippen molar-refractivity contribution in [3.05, 3.63) is 33.9 Å². The van der Waals surface area contributed by atoms with Crippen molar-refractivity contribution in [2.45, 2.75) is 18.7 Å². The number of aldehydes is 1. The summed E-state index contributed by atoms with van der Waals surface area (Å²) in [7, 11) is 0. The molecule has 19 heavy (non-hydrogen) atoms. The second kappa shape index (κ2) is 7.91. The molecule has 0 spiro atoms. The minimum atomic E-state index is -0.534. The van der Waals surface area contributed by atoms with Crippen LogP contribution >= 0.6 is 11.8 Å². The van der Waals surface area contributed by atoms with Gasteiger partial charge in [-0.05, 0) is 25.2 Å². The summed E-state index contributed by atoms with van der Waals surface area (Å²) >= 11 is 1.61. The van der Waals surface area contributed by atoms with Gasteiger partial charge in [-0.25, -0.2) is 0 Å². The normalized spacial score (nSPS) is 10.7. The first-order valence-electron chi connectivity index (χ1n) is 6.21. The number of nitro groups is 1. The molecule has 1 aromatic rings. The highest BCUT2D eigenvalue weighted by molar-refractivity contribution is 7.99. The largest absolute Gasteiger partial charge is 0.303 e. The van der Waals surface area contributed by atoms with E-state index in [2.05, 4.69) is 18.7 Å². The fourth-order valence-electron chi connectivity index (χ4n) is 1.72. The first-order valence-corrected chi connectivity index (χ1v) is 7.19. The van der Waals surface area contributed by atoms with Crippen molar-refractivity contribution < 1.29 is 9.72 Å². The maximum absolute atomic E-state index is 10.8. The summed E-state index contributed by atoms with van der Waals surface area (Å²) in [6.07, 6.45) is 0.534. The molecule has 0 aliphatic heterocycles. The van der Waals surface area contributed by atoms with E-state index in [1.165, 1.54) is 6.07 Å². The summed E-state index contributed by atoms with van der Waals surface area (Å²) in [6.45, 7) is 7.22. The summed E-state index contributed by atoms with van der Waals surface area (Å²) in [6, 6.07) is 4.67. The van der Waals surface area contributed by atoms with Crippen molar-refractivity contribution in [3.8, 4) is 0 Å². The molecule has 104 valence electrons. The van der Waals surface area contributed by atoms with Crippen LogP contribution in [0.1, 0.15) is 24.2 Å². The number of carbonyl (C=O) groups is 1. The molecular formula is C13H18N2O3S. The maximum atomic E-state index is 10.8. The van der Waals surface area contributed by atoms with Crippen molar-refractivity contribution in [1.29, 1.82) is 0 Å². The Hall–Kier alpha value is -1.40. The van der Waals surface area contributed by atoms with Gasteiger partial charge in [-0.1, -0.05) is 13.8 Å². The van der Waals surface area contributed by atoms with E-state index in [1.54, 1.807) is 23.9 Å². The second-order valence-corrected chi connectivity index (χ2v) is 5.14. The Morgan fingerprint density at radius 1 is 1.37 bits per heavy atom. The summed E-state index contributed by atoms with van der Waals surface area (Å²) in [5, 5.41) is 10.7. The highest BCUT2D eigenvalue weighted by Crippen LogP contribution is 2.24. The van der Waals surface area contributed by atoms with Gasteiger partial charge in [0.15, 0.2) is 6.29 Å². The summed E-state index contributed by atoms with van der Waals surface area (Å²) in [5.74, 6) is 0.901. The molecular weight excluding hydrogens is 264 g/mol. The summed E-state index contributed by atoms with van der Waals surface area (Å²) in [5.41, 5.74) is 0.000863. The van der Waals surface area contributed by atoms with Crippen LogP contribution in [0.15, 0.2) is 23.1 Å². The van der Waals surface area contributed by atoms with Crippen LogP contribution in [0.5, 0.6) is 0 Å². The molecule has 0 aliphatic rings. The van der Waals surface area contributed by atoms with Gasteiger partial charge < -0.3 is 4.90 Å². The smallest absolute Gasteiger partial charge is 0.279 e. The number of carbonyl (C=O) groups excluding carboxylic acids is 1. The molecule has 0 heterocycles. The van der Waals surface area contributed by atoms with Crippen LogP contribution in [0.25, 0.3) is 0 Å². The molecule has 0 saturated heterocycles. The summed E-state index contributed by atoms with van der Waals surface area (Å²) < 4.78 is 0. The monoisotopic (exact) mass is 282 g/mol. The van der Waals surface area contributed by atoms with Gasteiger partial charge in [0.1, 0.15) is 0 Å². The first-order chi connectivity index (χ1) is 9.12. The van der Waals surface area contributed by atoms with Gasteiger partial charge in [-0.15, -0.1) is 11.8 Å². The number of benzene rings is 1. The molecule has 0 atom stereocenters. The van der Waals surface area contributed by atoms with E-state index in [9.17, 15) is 14.9 Å². The third-order valence-electron chi connectivity index (χ3n) is 2.89. The molecule has 0 unspecified atom stereocenters. The van der Waals surface area contributed by atoms with Gasteiger partial charge in [-0.3, -0.25) is 14.9 Å². The van der Waals surface area contributed by atoms with E-state index in [-0.39, 0.29) is 11.3 Å². The number of nitrogens with zero attached hydrogens (tertiary/aromatic N) is 2. The topological polar surface area (TPSA) is 63.4 Å². The number of rotatable bonds is 8. The van der Waals surface area contributed by atoms with E-state index in [0.717, 1.165) is 30.3 Å². The molecule has 0 radical (unpaired) electrons. The minimum Gasteiger partial charge on any atom is -0.303 e. The van der Waals surface area contributed by atoms with E-state index in [4.69, 9.17) is 0 Å². The quantitative estimate of drug-likeness (QED) is 0.317. The average molecular weight is 282 g/mol. The number of thioether (sulfide) groups is 1. The van der Waals surface area contributed by atoms with E-state index >= 15 is 0 Å². The second-order valence-electron chi connectivity index (χ2n) is 3.97. The van der Waals surface area contributed by atoms with Crippen molar-refractivity contribution in [1.82, 2.24) is 4.90 Å². The average Bonchev–Trinajstić information content (AvgIpc) is 2.43. The van der Waals surface area contributed by atoms with Crippen LogP contribution in [0.3, 0.4) is 0 Å². The van der Waals surface area contributed by atoms with Gasteiger partial charge in [-0.2, -0.15) is 0 Å². The standard InChI is InChI=1S/C13H18N2O3S/c1-3-14(4-2)7-8-19-12-5-6-13(15(17)18)11(9-12)10-16/h5-6,9-10H,3-4,7-8H2,1-2H3. The number of hydrogen-bond acceptors (Lipinski definition) is 5. The molecule has 0 aromatic heterocycles. The van der Waals surface area contributed by atoms with Crippen molar-refractivity contribution >= 4 is 23.7 Å². The predicted octanol–water partition coefficient (Wildman–Crippen LogP) is 2.84. The molecule has 0 N–H and O–H groups in total. The zero-order valence-electron chi connectivity index (χ0n) is 11.2. The molecule has 1 rings (SSSR count). The van der Waals surface area contributed by atoms with Gasteiger partial charge >= 0.3 is 0 Å². The Kier molecular flexibility index (Phi) is 6.52. The van der Waals surface area contributed by atoms with E-state index < -0.39 is 4.92 Å². The van der Waals surface area contributed by atoms with E-state index in [1.807, 2.05) is 0 Å². The molecule has 1 aromatic carbocycles. The third-order valence-corrected chi connectivity index (χ3v) is 3.87. The Bertz CT molecular complexity index is 448. The number of hydrogen-bond donors (Lipinski definition) is 0. The van der Waals surface area contributed by atoms with Gasteiger partial charge in [0, 0.05) is 23.3 Å².